The molecule has 3 heterocycles. The van der Waals surface area contributed by atoms with Gasteiger partial charge in [-0.2, -0.15) is 0 Å². The van der Waals surface area contributed by atoms with E-state index >= 15 is 0 Å². The predicted octanol–water partition coefficient (Wildman–Crippen LogP) is 7.33. The van der Waals surface area contributed by atoms with Crippen molar-refractivity contribution >= 4 is 33.8 Å². The standard InChI is InChI=1S/C38H40N6O3/c1-19(2)34(43-38(46)47-3)37(45)44-32-16-27(32)17-33(44)36-39-18-31(42-36)24-7-6-20-10-21(4-5-22(20)11-24)23-8-9-29-30(15-23)41-35(40-29)28-13-25-12-26(25)14-28/h4-11,15,18-19,25-28,32-34H,12-14,16-17H2,1-3H3,(H,39,42)(H,40,41)(H,43,46)/t25-,26+,27-,28?,32-,33+,34+/m1/s1. The highest BCUT2D eigenvalue weighted by Gasteiger charge is 2.56. The molecule has 3 aromatic carbocycles. The maximum Gasteiger partial charge on any atom is 0.407 e. The van der Waals surface area contributed by atoms with E-state index in [4.69, 9.17) is 14.7 Å². The Labute approximate surface area is 273 Å². The van der Waals surface area contributed by atoms with E-state index in [2.05, 4.69) is 69.9 Å². The Morgan fingerprint density at radius 1 is 0.851 bits per heavy atom. The summed E-state index contributed by atoms with van der Waals surface area (Å²) in [5.74, 6) is 4.76. The molecule has 47 heavy (non-hydrogen) atoms. The SMILES string of the molecule is COC(=O)N[C@H](C(=O)N1[C@@H]2C[C@@H]2C[C@H]1c1ncc(-c2ccc3cc(-c4ccc5nc(C6C[C@@H]7C[C@@H]7C6)[nH]c5c4)ccc3c2)[nH]1)C(C)C. The number of ether oxygens (including phenoxy) is 1. The second kappa shape index (κ2) is 10.7. The number of alkyl carbamates (subject to hydrolysis) is 1. The zero-order chi connectivity index (χ0) is 32.0. The molecule has 0 bridgehead atoms. The third-order valence-corrected chi connectivity index (χ3v) is 11.3. The van der Waals surface area contributed by atoms with Crippen LogP contribution in [0.25, 0.3) is 44.2 Å². The summed E-state index contributed by atoms with van der Waals surface area (Å²) in [5, 5.41) is 5.08. The maximum atomic E-state index is 13.8. The molecule has 4 fully saturated rings. The molecule has 9 heteroatoms. The molecule has 5 aromatic rings. The van der Waals surface area contributed by atoms with Gasteiger partial charge in [0.25, 0.3) is 0 Å². The number of rotatable bonds is 7. The van der Waals surface area contributed by atoms with Crippen molar-refractivity contribution in [1.82, 2.24) is 30.2 Å². The fourth-order valence-electron chi connectivity index (χ4n) is 8.46. The Hall–Kier alpha value is -4.66. The normalized spacial score (nSPS) is 26.4. The number of fused-ring (bicyclic) bond motifs is 4. The number of benzene rings is 3. The van der Waals surface area contributed by atoms with E-state index in [0.29, 0.717) is 11.8 Å². The first-order valence-corrected chi connectivity index (χ1v) is 17.1. The average molecular weight is 629 g/mol. The van der Waals surface area contributed by atoms with Gasteiger partial charge in [-0.15, -0.1) is 0 Å². The maximum absolute atomic E-state index is 13.8. The summed E-state index contributed by atoms with van der Waals surface area (Å²) in [6, 6.07) is 19.1. The molecular formula is C38H40N6O3. The van der Waals surface area contributed by atoms with Gasteiger partial charge in [-0.3, -0.25) is 4.79 Å². The molecule has 3 aliphatic carbocycles. The number of methoxy groups -OCH3 is 1. The lowest BCUT2D eigenvalue weighted by Gasteiger charge is -2.31. The summed E-state index contributed by atoms with van der Waals surface area (Å²) in [4.78, 5) is 44.6. The van der Waals surface area contributed by atoms with Crippen LogP contribution in [-0.4, -0.2) is 56.0 Å². The number of amides is 2. The largest absolute Gasteiger partial charge is 0.453 e. The molecule has 0 spiro atoms. The van der Waals surface area contributed by atoms with Crippen molar-refractivity contribution in [3.05, 3.63) is 72.4 Å². The van der Waals surface area contributed by atoms with Gasteiger partial charge >= 0.3 is 6.09 Å². The van der Waals surface area contributed by atoms with Crippen LogP contribution < -0.4 is 5.32 Å². The number of aromatic amines is 2. The van der Waals surface area contributed by atoms with Gasteiger partial charge in [-0.25, -0.2) is 14.8 Å². The van der Waals surface area contributed by atoms with Crippen molar-refractivity contribution in [2.24, 2.45) is 23.7 Å². The first-order chi connectivity index (χ1) is 22.8. The van der Waals surface area contributed by atoms with Crippen LogP contribution in [0.1, 0.15) is 69.6 Å². The minimum atomic E-state index is -0.648. The van der Waals surface area contributed by atoms with Crippen molar-refractivity contribution in [2.75, 3.05) is 7.11 Å². The summed E-state index contributed by atoms with van der Waals surface area (Å²) < 4.78 is 4.80. The van der Waals surface area contributed by atoms with Gasteiger partial charge in [0.2, 0.25) is 5.91 Å². The van der Waals surface area contributed by atoms with Gasteiger partial charge < -0.3 is 24.9 Å². The highest BCUT2D eigenvalue weighted by Crippen LogP contribution is 2.57. The number of carbonyl (C=O) groups excluding carboxylic acids is 2. The number of H-pyrrole nitrogens is 2. The van der Waals surface area contributed by atoms with Gasteiger partial charge in [0.15, 0.2) is 0 Å². The fourth-order valence-corrected chi connectivity index (χ4v) is 8.46. The molecule has 9 rings (SSSR count). The first kappa shape index (κ1) is 28.6. The molecule has 1 saturated heterocycles. The molecule has 0 radical (unpaired) electrons. The number of imidazole rings is 2. The second-order valence-electron chi connectivity index (χ2n) is 14.7. The number of nitrogens with zero attached hydrogens (tertiary/aromatic N) is 3. The number of carbonyl (C=O) groups is 2. The Morgan fingerprint density at radius 3 is 2.34 bits per heavy atom. The van der Waals surface area contributed by atoms with Crippen molar-refractivity contribution in [3.63, 3.8) is 0 Å². The topological polar surface area (TPSA) is 116 Å². The van der Waals surface area contributed by atoms with E-state index in [0.717, 1.165) is 64.0 Å². The molecule has 1 unspecified atom stereocenters. The number of piperidine rings is 1. The van der Waals surface area contributed by atoms with E-state index in [1.54, 1.807) is 0 Å². The van der Waals surface area contributed by atoms with Crippen LogP contribution in [0.5, 0.6) is 0 Å². The number of hydrogen-bond acceptors (Lipinski definition) is 5. The lowest BCUT2D eigenvalue weighted by molar-refractivity contribution is -0.136. The summed E-state index contributed by atoms with van der Waals surface area (Å²) in [6.07, 6.45) is 7.16. The van der Waals surface area contributed by atoms with Crippen molar-refractivity contribution in [3.8, 4) is 22.4 Å². The Bertz CT molecular complexity index is 2040. The van der Waals surface area contributed by atoms with E-state index < -0.39 is 12.1 Å². The average Bonchev–Trinajstić information content (AvgIpc) is 3.66. The van der Waals surface area contributed by atoms with E-state index in [1.807, 2.05) is 24.9 Å². The minimum absolute atomic E-state index is 0.0708. The number of hydrogen-bond donors (Lipinski definition) is 3. The van der Waals surface area contributed by atoms with Crippen LogP contribution in [-0.2, 0) is 9.53 Å². The number of aromatic nitrogens is 4. The van der Waals surface area contributed by atoms with Gasteiger partial charge in [-0.05, 0) is 102 Å². The minimum Gasteiger partial charge on any atom is -0.453 e. The van der Waals surface area contributed by atoms with Crippen LogP contribution >= 0.6 is 0 Å². The van der Waals surface area contributed by atoms with E-state index in [1.165, 1.54) is 42.9 Å². The molecule has 240 valence electrons. The highest BCUT2D eigenvalue weighted by atomic mass is 16.5. The van der Waals surface area contributed by atoms with Crippen molar-refractivity contribution in [1.29, 1.82) is 0 Å². The van der Waals surface area contributed by atoms with Gasteiger partial charge in [-0.1, -0.05) is 44.2 Å². The van der Waals surface area contributed by atoms with Crippen LogP contribution in [0.3, 0.4) is 0 Å². The zero-order valence-electron chi connectivity index (χ0n) is 27.0. The molecule has 3 N–H and O–H groups in total. The van der Waals surface area contributed by atoms with Gasteiger partial charge in [0.1, 0.15) is 17.7 Å². The number of nitrogens with one attached hydrogen (secondary N) is 3. The summed E-state index contributed by atoms with van der Waals surface area (Å²) in [6.45, 7) is 3.88. The van der Waals surface area contributed by atoms with Crippen molar-refractivity contribution < 1.29 is 14.3 Å². The van der Waals surface area contributed by atoms with Gasteiger partial charge in [0.05, 0.1) is 36.1 Å². The molecule has 4 aliphatic rings. The lowest BCUT2D eigenvalue weighted by atomic mass is 9.99. The first-order valence-electron chi connectivity index (χ1n) is 17.1. The fraction of sp³-hybridized carbons (Fsp3) is 0.421. The lowest BCUT2D eigenvalue weighted by Crippen LogP contribution is -2.52. The third kappa shape index (κ3) is 4.98. The molecule has 9 nitrogen and oxygen atoms in total. The Balaban J connectivity index is 0.944. The molecule has 2 aromatic heterocycles. The molecule has 7 atom stereocenters. The summed E-state index contributed by atoms with van der Waals surface area (Å²) in [5.41, 5.74) is 6.50. The van der Waals surface area contributed by atoms with E-state index in [9.17, 15) is 9.59 Å². The summed E-state index contributed by atoms with van der Waals surface area (Å²) in [7, 11) is 1.32. The highest BCUT2D eigenvalue weighted by molar-refractivity contribution is 5.92. The Kier molecular flexibility index (Phi) is 6.49. The van der Waals surface area contributed by atoms with Gasteiger partial charge in [0, 0.05) is 17.5 Å². The predicted molar refractivity (Wildman–Crippen MR) is 180 cm³/mol. The van der Waals surface area contributed by atoms with Crippen LogP contribution in [0.15, 0.2) is 60.8 Å². The third-order valence-electron chi connectivity index (χ3n) is 11.3. The molecule has 1 aliphatic heterocycles. The smallest absolute Gasteiger partial charge is 0.407 e. The monoisotopic (exact) mass is 628 g/mol. The van der Waals surface area contributed by atoms with Crippen LogP contribution in [0.4, 0.5) is 4.79 Å². The molecule has 3 saturated carbocycles. The van der Waals surface area contributed by atoms with E-state index in [-0.39, 0.29) is 23.9 Å². The van der Waals surface area contributed by atoms with Crippen LogP contribution in [0.2, 0.25) is 0 Å². The molecular weight excluding hydrogens is 588 g/mol. The second-order valence-corrected chi connectivity index (χ2v) is 14.7. The van der Waals surface area contributed by atoms with Crippen molar-refractivity contribution in [2.45, 2.75) is 70.0 Å². The zero-order valence-corrected chi connectivity index (χ0v) is 27.0. The number of likely N-dealkylation sites (tertiary alicyclic amines) is 1. The molecule has 2 amide bonds. The Morgan fingerprint density at radius 2 is 1.57 bits per heavy atom. The quantitative estimate of drug-likeness (QED) is 0.175. The summed E-state index contributed by atoms with van der Waals surface area (Å²) >= 11 is 0. The van der Waals surface area contributed by atoms with Crippen LogP contribution in [0, 0.1) is 23.7 Å².